The summed E-state index contributed by atoms with van der Waals surface area (Å²) >= 11 is 6.01. The van der Waals surface area contributed by atoms with Crippen molar-refractivity contribution in [1.82, 2.24) is 4.90 Å². The van der Waals surface area contributed by atoms with Gasteiger partial charge in [0, 0.05) is 18.2 Å². The fraction of sp³-hybridized carbons (Fsp3) is 0.400. The first kappa shape index (κ1) is 18.0. The zero-order valence-corrected chi connectivity index (χ0v) is 14.8. The molecular weight excluding hydrogens is 306 g/mol. The van der Waals surface area contributed by atoms with Gasteiger partial charge in [0.05, 0.1) is 0 Å². The molecule has 0 heterocycles. The molecule has 0 saturated carbocycles. The van der Waals surface area contributed by atoms with Crippen molar-refractivity contribution in [2.45, 2.75) is 26.4 Å². The van der Waals surface area contributed by atoms with Gasteiger partial charge in [-0.05, 0) is 42.8 Å². The Bertz CT molecular complexity index is 552. The van der Waals surface area contributed by atoms with E-state index in [9.17, 15) is 0 Å². The maximum atomic E-state index is 6.22. The number of ether oxygens (including phenoxy) is 1. The number of benzene rings is 2. The van der Waals surface area contributed by atoms with Crippen molar-refractivity contribution in [1.29, 1.82) is 0 Å². The van der Waals surface area contributed by atoms with Crippen molar-refractivity contribution in [2.24, 2.45) is 0 Å². The first-order valence-corrected chi connectivity index (χ1v) is 8.76. The second-order valence-corrected chi connectivity index (χ2v) is 6.03. The molecule has 0 bridgehead atoms. The summed E-state index contributed by atoms with van der Waals surface area (Å²) in [7, 11) is 0. The van der Waals surface area contributed by atoms with Crippen LogP contribution in [0.15, 0.2) is 54.6 Å². The lowest BCUT2D eigenvalue weighted by molar-refractivity contribution is 0.0722. The van der Waals surface area contributed by atoms with E-state index < -0.39 is 0 Å². The number of halogens is 1. The summed E-state index contributed by atoms with van der Waals surface area (Å²) < 4.78 is 6.22. The van der Waals surface area contributed by atoms with Gasteiger partial charge < -0.3 is 9.64 Å². The van der Waals surface area contributed by atoms with Gasteiger partial charge in [-0.3, -0.25) is 0 Å². The Kier molecular flexibility index (Phi) is 7.60. The third kappa shape index (κ3) is 5.65. The predicted octanol–water partition coefficient (Wildman–Crippen LogP) is 5.18. The predicted molar refractivity (Wildman–Crippen MR) is 98.1 cm³/mol. The second-order valence-electron chi connectivity index (χ2n) is 5.59. The third-order valence-corrected chi connectivity index (χ3v) is 4.32. The summed E-state index contributed by atoms with van der Waals surface area (Å²) in [5.41, 5.74) is 2.32. The van der Waals surface area contributed by atoms with Crippen molar-refractivity contribution in [3.8, 4) is 0 Å². The number of hydrogen-bond acceptors (Lipinski definition) is 2. The highest BCUT2D eigenvalue weighted by Crippen LogP contribution is 2.27. The Morgan fingerprint density at radius 1 is 0.913 bits per heavy atom. The molecule has 2 aromatic rings. The maximum Gasteiger partial charge on any atom is 0.108 e. The van der Waals surface area contributed by atoms with E-state index in [1.165, 1.54) is 5.56 Å². The van der Waals surface area contributed by atoms with Crippen LogP contribution in [-0.2, 0) is 4.74 Å². The molecule has 0 spiro atoms. The zero-order chi connectivity index (χ0) is 16.5. The second kappa shape index (κ2) is 9.71. The van der Waals surface area contributed by atoms with Gasteiger partial charge in [0.1, 0.15) is 6.10 Å². The summed E-state index contributed by atoms with van der Waals surface area (Å²) in [6.07, 6.45) is 1.00. The molecule has 0 aliphatic carbocycles. The van der Waals surface area contributed by atoms with Crippen molar-refractivity contribution >= 4 is 11.6 Å². The van der Waals surface area contributed by atoms with Gasteiger partial charge in [-0.15, -0.1) is 0 Å². The Balaban J connectivity index is 2.01. The fourth-order valence-electron chi connectivity index (χ4n) is 2.68. The lowest BCUT2D eigenvalue weighted by Gasteiger charge is -2.21. The molecule has 2 aromatic carbocycles. The van der Waals surface area contributed by atoms with Crippen LogP contribution in [0.5, 0.6) is 0 Å². The molecule has 0 fully saturated rings. The van der Waals surface area contributed by atoms with Gasteiger partial charge in [0.2, 0.25) is 0 Å². The van der Waals surface area contributed by atoms with Crippen LogP contribution in [0, 0.1) is 0 Å². The molecule has 3 heteroatoms. The van der Waals surface area contributed by atoms with E-state index in [2.05, 4.69) is 43.0 Å². The molecule has 0 aliphatic rings. The monoisotopic (exact) mass is 331 g/mol. The van der Waals surface area contributed by atoms with Gasteiger partial charge in [-0.25, -0.2) is 0 Å². The quantitative estimate of drug-likeness (QED) is 0.587. The molecule has 2 rings (SSSR count). The molecular formula is C20H26ClNO. The number of nitrogens with zero attached hydrogens (tertiary/aromatic N) is 1. The molecule has 0 unspecified atom stereocenters. The van der Waals surface area contributed by atoms with Gasteiger partial charge >= 0.3 is 0 Å². The highest BCUT2D eigenvalue weighted by Gasteiger charge is 2.14. The summed E-state index contributed by atoms with van der Waals surface area (Å²) in [6, 6.07) is 18.3. The summed E-state index contributed by atoms with van der Waals surface area (Å²) in [4.78, 5) is 2.42. The maximum absolute atomic E-state index is 6.22. The van der Waals surface area contributed by atoms with Crippen LogP contribution in [0.3, 0.4) is 0 Å². The highest BCUT2D eigenvalue weighted by molar-refractivity contribution is 6.30. The van der Waals surface area contributed by atoms with Gasteiger partial charge in [-0.2, -0.15) is 0 Å². The van der Waals surface area contributed by atoms with E-state index in [1.807, 2.05) is 30.3 Å². The molecule has 1 atom stereocenters. The molecule has 23 heavy (non-hydrogen) atoms. The van der Waals surface area contributed by atoms with Crippen LogP contribution < -0.4 is 0 Å². The lowest BCUT2D eigenvalue weighted by Crippen LogP contribution is -2.25. The largest absolute Gasteiger partial charge is 0.369 e. The van der Waals surface area contributed by atoms with E-state index in [-0.39, 0.29) is 6.10 Å². The van der Waals surface area contributed by atoms with Gasteiger partial charge in [0.25, 0.3) is 0 Å². The van der Waals surface area contributed by atoms with Crippen molar-refractivity contribution in [2.75, 3.05) is 26.2 Å². The standard InChI is InChI=1S/C20H26ClNO/c1-3-22(4-2)15-8-16-23-20(17-9-6-5-7-10-17)18-11-13-19(21)14-12-18/h5-7,9-14,20H,3-4,8,15-16H2,1-2H3/t20-/m1/s1. The van der Waals surface area contributed by atoms with Crippen LogP contribution in [0.2, 0.25) is 5.02 Å². The summed E-state index contributed by atoms with van der Waals surface area (Å²) in [6.45, 7) is 8.41. The molecule has 0 aliphatic heterocycles. The van der Waals surface area contributed by atoms with Gasteiger partial charge in [-0.1, -0.05) is 67.9 Å². The molecule has 2 nitrogen and oxygen atoms in total. The SMILES string of the molecule is CCN(CC)CCCO[C@H](c1ccccc1)c1ccc(Cl)cc1. The minimum absolute atomic E-state index is 0.0369. The van der Waals surface area contributed by atoms with Crippen LogP contribution in [-0.4, -0.2) is 31.1 Å². The molecule has 0 saturated heterocycles. The van der Waals surface area contributed by atoms with E-state index in [0.717, 1.165) is 43.2 Å². The molecule has 0 N–H and O–H groups in total. The third-order valence-electron chi connectivity index (χ3n) is 4.07. The highest BCUT2D eigenvalue weighted by atomic mass is 35.5. The first-order chi connectivity index (χ1) is 11.2. The molecule has 0 radical (unpaired) electrons. The summed E-state index contributed by atoms with van der Waals surface area (Å²) in [5.74, 6) is 0. The number of rotatable bonds is 9. The molecule has 124 valence electrons. The van der Waals surface area contributed by atoms with E-state index in [4.69, 9.17) is 16.3 Å². The minimum atomic E-state index is -0.0369. The molecule has 0 aromatic heterocycles. The Morgan fingerprint density at radius 3 is 2.13 bits per heavy atom. The van der Waals surface area contributed by atoms with Crippen molar-refractivity contribution in [3.63, 3.8) is 0 Å². The Morgan fingerprint density at radius 2 is 1.52 bits per heavy atom. The van der Waals surface area contributed by atoms with E-state index >= 15 is 0 Å². The lowest BCUT2D eigenvalue weighted by atomic mass is 10.0. The fourth-order valence-corrected chi connectivity index (χ4v) is 2.81. The minimum Gasteiger partial charge on any atom is -0.369 e. The average molecular weight is 332 g/mol. The zero-order valence-electron chi connectivity index (χ0n) is 14.0. The van der Waals surface area contributed by atoms with Crippen LogP contribution in [0.25, 0.3) is 0 Å². The average Bonchev–Trinajstić information content (AvgIpc) is 2.60. The smallest absolute Gasteiger partial charge is 0.108 e. The molecule has 0 amide bonds. The van der Waals surface area contributed by atoms with Gasteiger partial charge in [0.15, 0.2) is 0 Å². The Labute approximate surface area is 145 Å². The van der Waals surface area contributed by atoms with Crippen LogP contribution >= 0.6 is 11.6 Å². The normalized spacial score (nSPS) is 12.5. The van der Waals surface area contributed by atoms with E-state index in [0.29, 0.717) is 0 Å². The van der Waals surface area contributed by atoms with Crippen LogP contribution in [0.4, 0.5) is 0 Å². The first-order valence-electron chi connectivity index (χ1n) is 8.39. The Hall–Kier alpha value is -1.35. The van der Waals surface area contributed by atoms with Crippen LogP contribution in [0.1, 0.15) is 37.5 Å². The number of hydrogen-bond donors (Lipinski definition) is 0. The van der Waals surface area contributed by atoms with Crippen molar-refractivity contribution < 1.29 is 4.74 Å². The van der Waals surface area contributed by atoms with Crippen molar-refractivity contribution in [3.05, 3.63) is 70.7 Å². The van der Waals surface area contributed by atoms with E-state index in [1.54, 1.807) is 0 Å². The topological polar surface area (TPSA) is 12.5 Å². The summed E-state index contributed by atoms with van der Waals surface area (Å²) in [5, 5.41) is 0.752.